The third kappa shape index (κ3) is 4.06. The molecule has 19 heavy (non-hydrogen) atoms. The van der Waals surface area contributed by atoms with Crippen molar-refractivity contribution in [3.63, 3.8) is 0 Å². The monoisotopic (exact) mass is 282 g/mol. The van der Waals surface area contributed by atoms with E-state index in [0.29, 0.717) is 5.69 Å². The Hall–Kier alpha value is -1.36. The Kier molecular flexibility index (Phi) is 6.02. The van der Waals surface area contributed by atoms with Crippen molar-refractivity contribution in [2.45, 2.75) is 30.9 Å². The molecule has 1 aromatic rings. The number of methoxy groups -OCH3 is 1. The summed E-state index contributed by atoms with van der Waals surface area (Å²) in [7, 11) is 1.62. The first-order chi connectivity index (χ1) is 9.03. The van der Waals surface area contributed by atoms with E-state index in [0.717, 1.165) is 23.7 Å². The molecule has 0 spiro atoms. The van der Waals surface area contributed by atoms with Gasteiger partial charge in [0.25, 0.3) is 0 Å². The molecule has 0 aliphatic carbocycles. The van der Waals surface area contributed by atoms with E-state index in [4.69, 9.17) is 10.5 Å². The predicted molar refractivity (Wildman–Crippen MR) is 80.7 cm³/mol. The first-order valence-electron chi connectivity index (χ1n) is 6.42. The van der Waals surface area contributed by atoms with Crippen LogP contribution < -0.4 is 10.5 Å². The Labute approximate surface area is 119 Å². The second-order valence-electron chi connectivity index (χ2n) is 4.17. The van der Waals surface area contributed by atoms with E-state index < -0.39 is 0 Å². The van der Waals surface area contributed by atoms with Crippen molar-refractivity contribution in [1.82, 2.24) is 4.90 Å². The zero-order chi connectivity index (χ0) is 14.4. The molecule has 1 rings (SSSR count). The minimum Gasteiger partial charge on any atom is -0.497 e. The molecule has 0 aliphatic rings. The number of carbonyl (C=O) groups excluding carboxylic acids is 1. The normalized spacial score (nSPS) is 12.0. The summed E-state index contributed by atoms with van der Waals surface area (Å²) >= 11 is 1.47. The number of anilines is 1. The molecule has 0 saturated carbocycles. The summed E-state index contributed by atoms with van der Waals surface area (Å²) in [5.41, 5.74) is 6.60. The number of hydrogen-bond acceptors (Lipinski definition) is 4. The summed E-state index contributed by atoms with van der Waals surface area (Å²) < 4.78 is 5.18. The van der Waals surface area contributed by atoms with Crippen LogP contribution in [0.4, 0.5) is 5.69 Å². The molecule has 1 amide bonds. The molecular formula is C14H22N2O2S. The van der Waals surface area contributed by atoms with Crippen LogP contribution in [0.1, 0.15) is 20.8 Å². The summed E-state index contributed by atoms with van der Waals surface area (Å²) in [5.74, 6) is 0.886. The fourth-order valence-electron chi connectivity index (χ4n) is 1.78. The number of benzene rings is 1. The molecule has 0 aromatic heterocycles. The van der Waals surface area contributed by atoms with Crippen molar-refractivity contribution in [2.75, 3.05) is 25.9 Å². The number of carbonyl (C=O) groups is 1. The number of nitrogens with zero attached hydrogens (tertiary/aromatic N) is 1. The molecule has 0 saturated heterocycles. The van der Waals surface area contributed by atoms with Gasteiger partial charge in [-0.15, -0.1) is 11.8 Å². The SMILES string of the molecule is CCN(CC)C(=O)C(C)Sc1cc(OC)ccc1N. The molecule has 106 valence electrons. The highest BCUT2D eigenvalue weighted by Crippen LogP contribution is 2.32. The third-order valence-corrected chi connectivity index (χ3v) is 4.11. The van der Waals surface area contributed by atoms with E-state index >= 15 is 0 Å². The highest BCUT2D eigenvalue weighted by atomic mass is 32.2. The van der Waals surface area contributed by atoms with Gasteiger partial charge in [-0.3, -0.25) is 4.79 Å². The highest BCUT2D eigenvalue weighted by molar-refractivity contribution is 8.00. The Morgan fingerprint density at radius 3 is 2.58 bits per heavy atom. The fourth-order valence-corrected chi connectivity index (χ4v) is 2.80. The minimum absolute atomic E-state index is 0.136. The van der Waals surface area contributed by atoms with Gasteiger partial charge in [-0.1, -0.05) is 0 Å². The lowest BCUT2D eigenvalue weighted by molar-refractivity contribution is -0.129. The molecule has 1 aromatic carbocycles. The molecule has 0 radical (unpaired) electrons. The maximum absolute atomic E-state index is 12.2. The van der Waals surface area contributed by atoms with Gasteiger partial charge in [0, 0.05) is 23.7 Å². The summed E-state index contributed by atoms with van der Waals surface area (Å²) in [4.78, 5) is 14.9. The molecule has 0 fully saturated rings. The second kappa shape index (κ2) is 7.28. The van der Waals surface area contributed by atoms with E-state index in [2.05, 4.69) is 0 Å². The Morgan fingerprint density at radius 1 is 1.42 bits per heavy atom. The van der Waals surface area contributed by atoms with Crippen molar-refractivity contribution in [3.8, 4) is 5.75 Å². The lowest BCUT2D eigenvalue weighted by atomic mass is 10.3. The van der Waals surface area contributed by atoms with Gasteiger partial charge in [-0.2, -0.15) is 0 Å². The first-order valence-corrected chi connectivity index (χ1v) is 7.30. The van der Waals surface area contributed by atoms with Gasteiger partial charge in [0.1, 0.15) is 5.75 Å². The molecule has 0 aliphatic heterocycles. The van der Waals surface area contributed by atoms with Crippen LogP contribution in [0.15, 0.2) is 23.1 Å². The standard InChI is InChI=1S/C14H22N2O2S/c1-5-16(6-2)14(17)10(3)19-13-9-11(18-4)7-8-12(13)15/h7-10H,5-6,15H2,1-4H3. The maximum Gasteiger partial charge on any atom is 0.235 e. The van der Waals surface area contributed by atoms with Crippen molar-refractivity contribution in [3.05, 3.63) is 18.2 Å². The van der Waals surface area contributed by atoms with Gasteiger partial charge in [0.15, 0.2) is 0 Å². The van der Waals surface area contributed by atoms with Gasteiger partial charge in [-0.05, 0) is 39.0 Å². The first kappa shape index (κ1) is 15.7. The quantitative estimate of drug-likeness (QED) is 0.644. The van der Waals surface area contributed by atoms with Crippen molar-refractivity contribution >= 4 is 23.4 Å². The molecule has 0 bridgehead atoms. The van der Waals surface area contributed by atoms with Crippen LogP contribution in [0.2, 0.25) is 0 Å². The van der Waals surface area contributed by atoms with E-state index in [1.807, 2.05) is 37.8 Å². The van der Waals surface area contributed by atoms with Crippen LogP contribution in [0.5, 0.6) is 5.75 Å². The predicted octanol–water partition coefficient (Wildman–Crippen LogP) is 2.63. The number of ether oxygens (including phenoxy) is 1. The van der Waals surface area contributed by atoms with Crippen LogP contribution in [0.3, 0.4) is 0 Å². The average molecular weight is 282 g/mol. The van der Waals surface area contributed by atoms with Gasteiger partial charge in [0.2, 0.25) is 5.91 Å². The number of rotatable bonds is 6. The van der Waals surface area contributed by atoms with Crippen molar-refractivity contribution in [2.24, 2.45) is 0 Å². The molecule has 4 nitrogen and oxygen atoms in total. The minimum atomic E-state index is -0.158. The van der Waals surface area contributed by atoms with E-state index in [1.54, 1.807) is 13.2 Å². The molecule has 5 heteroatoms. The zero-order valence-corrected chi connectivity index (χ0v) is 12.8. The average Bonchev–Trinajstić information content (AvgIpc) is 2.42. The summed E-state index contributed by atoms with van der Waals surface area (Å²) in [6.07, 6.45) is 0. The Morgan fingerprint density at radius 2 is 2.05 bits per heavy atom. The van der Waals surface area contributed by atoms with Gasteiger partial charge in [0.05, 0.1) is 12.4 Å². The van der Waals surface area contributed by atoms with Gasteiger partial charge >= 0.3 is 0 Å². The van der Waals surface area contributed by atoms with Crippen LogP contribution in [-0.2, 0) is 4.79 Å². The maximum atomic E-state index is 12.2. The number of hydrogen-bond donors (Lipinski definition) is 1. The van der Waals surface area contributed by atoms with Crippen LogP contribution in [-0.4, -0.2) is 36.3 Å². The lowest BCUT2D eigenvalue weighted by Gasteiger charge is -2.22. The fraction of sp³-hybridized carbons (Fsp3) is 0.500. The van der Waals surface area contributed by atoms with Crippen LogP contribution >= 0.6 is 11.8 Å². The molecule has 2 N–H and O–H groups in total. The Balaban J connectivity index is 2.81. The topological polar surface area (TPSA) is 55.6 Å². The highest BCUT2D eigenvalue weighted by Gasteiger charge is 2.20. The number of nitrogen functional groups attached to an aromatic ring is 1. The summed E-state index contributed by atoms with van der Waals surface area (Å²) in [6, 6.07) is 5.48. The number of nitrogens with two attached hydrogens (primary N) is 1. The second-order valence-corrected chi connectivity index (χ2v) is 5.56. The zero-order valence-electron chi connectivity index (χ0n) is 12.0. The largest absolute Gasteiger partial charge is 0.497 e. The summed E-state index contributed by atoms with van der Waals surface area (Å²) in [6.45, 7) is 7.34. The molecule has 1 atom stereocenters. The van der Waals surface area contributed by atoms with Crippen molar-refractivity contribution in [1.29, 1.82) is 0 Å². The number of thioether (sulfide) groups is 1. The molecule has 0 heterocycles. The number of amides is 1. The molecular weight excluding hydrogens is 260 g/mol. The van der Waals surface area contributed by atoms with Crippen LogP contribution in [0.25, 0.3) is 0 Å². The van der Waals surface area contributed by atoms with E-state index in [-0.39, 0.29) is 11.2 Å². The van der Waals surface area contributed by atoms with Crippen LogP contribution in [0, 0.1) is 0 Å². The smallest absolute Gasteiger partial charge is 0.235 e. The third-order valence-electron chi connectivity index (χ3n) is 2.95. The Bertz CT molecular complexity index is 433. The lowest BCUT2D eigenvalue weighted by Crippen LogP contribution is -2.36. The van der Waals surface area contributed by atoms with E-state index in [1.165, 1.54) is 11.8 Å². The van der Waals surface area contributed by atoms with Gasteiger partial charge < -0.3 is 15.4 Å². The summed E-state index contributed by atoms with van der Waals surface area (Å²) in [5, 5.41) is -0.158. The van der Waals surface area contributed by atoms with Crippen molar-refractivity contribution < 1.29 is 9.53 Å². The molecule has 1 unspecified atom stereocenters. The van der Waals surface area contributed by atoms with Gasteiger partial charge in [-0.25, -0.2) is 0 Å². The van der Waals surface area contributed by atoms with E-state index in [9.17, 15) is 4.79 Å².